The van der Waals surface area contributed by atoms with E-state index in [1.165, 1.54) is 12.7 Å². The van der Waals surface area contributed by atoms with E-state index in [0.29, 0.717) is 77.4 Å². The minimum Gasteiger partial charge on any atom is -0.493 e. The van der Waals surface area contributed by atoms with Crippen LogP contribution in [0.3, 0.4) is 0 Å². The summed E-state index contributed by atoms with van der Waals surface area (Å²) in [6.07, 6.45) is 7.01. The van der Waals surface area contributed by atoms with Gasteiger partial charge in [-0.3, -0.25) is 38.7 Å². The summed E-state index contributed by atoms with van der Waals surface area (Å²) < 4.78 is 18.7. The average molecular weight is 972 g/mol. The van der Waals surface area contributed by atoms with Gasteiger partial charge in [-0.15, -0.1) is 0 Å². The monoisotopic (exact) mass is 971 g/mol. The zero-order valence-electron chi connectivity index (χ0n) is 41.5. The summed E-state index contributed by atoms with van der Waals surface area (Å²) >= 11 is 0. The van der Waals surface area contributed by atoms with Crippen molar-refractivity contribution in [2.45, 2.75) is 123 Å². The van der Waals surface area contributed by atoms with E-state index in [9.17, 15) is 28.8 Å². The maximum absolute atomic E-state index is 14.1. The van der Waals surface area contributed by atoms with Crippen LogP contribution in [0.5, 0.6) is 17.2 Å². The topological polar surface area (TPSA) is 173 Å². The van der Waals surface area contributed by atoms with E-state index in [-0.39, 0.29) is 73.3 Å². The molecule has 4 aliphatic heterocycles. The van der Waals surface area contributed by atoms with Crippen molar-refractivity contribution in [2.24, 2.45) is 10.9 Å². The fourth-order valence-corrected chi connectivity index (χ4v) is 10.2. The highest BCUT2D eigenvalue weighted by molar-refractivity contribution is 6.15. The summed E-state index contributed by atoms with van der Waals surface area (Å²) in [6.45, 7) is 7.17. The number of rotatable bonds is 19. The largest absolute Gasteiger partial charge is 0.493 e. The molecule has 2 N–H and O–H groups in total. The lowest BCUT2D eigenvalue weighted by atomic mass is 9.98. The van der Waals surface area contributed by atoms with Crippen LogP contribution in [-0.4, -0.2) is 66.6 Å². The number of aryl methyl sites for hydroxylation is 2. The van der Waals surface area contributed by atoms with Gasteiger partial charge >= 0.3 is 0 Å². The molecule has 4 amide bonds. The molecular formula is C58H61N5O9. The van der Waals surface area contributed by atoms with Crippen LogP contribution in [0.2, 0.25) is 0 Å². The number of carbonyl (C=O) groups is 6. The predicted molar refractivity (Wildman–Crippen MR) is 276 cm³/mol. The first kappa shape index (κ1) is 49.4. The molecule has 0 unspecified atom stereocenters. The highest BCUT2D eigenvalue weighted by Crippen LogP contribution is 2.42. The number of amides is 4. The molecule has 5 aromatic rings. The lowest BCUT2D eigenvalue weighted by Crippen LogP contribution is -2.39. The Morgan fingerprint density at radius 1 is 0.750 bits per heavy atom. The standard InChI is InChI=1S/C58H61N5O9/c1-6-45(64)15-9-12-18-55(66)60-36(4)51(65)22-35(3)56(67)61-42-24-37(32-71-52-28-39-19-20-43-26-40-13-7-10-16-49(40)62(43)57(68)46(39)21-34(52)2)23-38(25-42)33-72-54-30-48-47(29-53(54)70-5)58(69)63-44(31-59-48)27-41-14-8-11-17-50(41)63/h7-8,10-11,13-14,16-17,21,23-25,28-31,35-36,43-44H,6,9,12,15,18-20,22,26-27,32-33H2,1-5H3,(H,60,66)(H,61,67)/t35-,36+,43-,44+/m1/s1. The van der Waals surface area contributed by atoms with Gasteiger partial charge in [0.15, 0.2) is 17.3 Å². The lowest BCUT2D eigenvalue weighted by molar-refractivity contribution is -0.129. The molecule has 0 fully saturated rings. The number of Topliss-reactive ketones (excluding diaryl/α,β-unsaturated/α-hetero) is 2. The number of nitrogens with one attached hydrogen (secondary N) is 2. The van der Waals surface area contributed by atoms with Crippen LogP contribution in [0, 0.1) is 12.8 Å². The van der Waals surface area contributed by atoms with Gasteiger partial charge in [0, 0.05) is 79.0 Å². The zero-order valence-corrected chi connectivity index (χ0v) is 41.5. The molecule has 14 heteroatoms. The van der Waals surface area contributed by atoms with Crippen LogP contribution >= 0.6 is 0 Å². The highest BCUT2D eigenvalue weighted by Gasteiger charge is 2.38. The summed E-state index contributed by atoms with van der Waals surface area (Å²) in [7, 11) is 1.52. The molecular weight excluding hydrogens is 911 g/mol. The molecule has 0 aromatic heterocycles. The van der Waals surface area contributed by atoms with Gasteiger partial charge in [0.2, 0.25) is 11.8 Å². The molecule has 0 bridgehead atoms. The lowest BCUT2D eigenvalue weighted by Gasteiger charge is -2.23. The minimum atomic E-state index is -0.791. The van der Waals surface area contributed by atoms with Crippen molar-refractivity contribution in [3.05, 3.63) is 136 Å². The molecule has 9 rings (SSSR count). The third kappa shape index (κ3) is 10.5. The van der Waals surface area contributed by atoms with Crippen molar-refractivity contribution in [3.8, 4) is 17.2 Å². The second-order valence-electron chi connectivity index (χ2n) is 19.4. The molecule has 0 aliphatic carbocycles. The summed E-state index contributed by atoms with van der Waals surface area (Å²) in [5.74, 6) is -0.338. The van der Waals surface area contributed by atoms with Crippen LogP contribution in [0.15, 0.2) is 96.0 Å². The Labute approximate surface area is 420 Å². The molecule has 0 spiro atoms. The second kappa shape index (κ2) is 21.4. The number of ether oxygens (including phenoxy) is 3. The van der Waals surface area contributed by atoms with Gasteiger partial charge in [-0.25, -0.2) is 0 Å². The van der Waals surface area contributed by atoms with E-state index < -0.39 is 12.0 Å². The van der Waals surface area contributed by atoms with E-state index in [0.717, 1.165) is 52.9 Å². The fourth-order valence-electron chi connectivity index (χ4n) is 10.2. The molecule has 0 saturated heterocycles. The number of hydrogen-bond acceptors (Lipinski definition) is 10. The third-order valence-corrected chi connectivity index (χ3v) is 14.2. The normalized spacial score (nSPS) is 17.0. The van der Waals surface area contributed by atoms with E-state index in [1.807, 2.05) is 85.5 Å². The van der Waals surface area contributed by atoms with Crippen LogP contribution < -0.4 is 34.6 Å². The van der Waals surface area contributed by atoms with Crippen LogP contribution in [-0.2, 0) is 51.7 Å². The van der Waals surface area contributed by atoms with Gasteiger partial charge < -0.3 is 29.7 Å². The van der Waals surface area contributed by atoms with Gasteiger partial charge in [-0.05, 0) is 128 Å². The van der Waals surface area contributed by atoms with Crippen LogP contribution in [0.4, 0.5) is 22.7 Å². The molecule has 72 heavy (non-hydrogen) atoms. The Hall–Kier alpha value is -7.61. The van der Waals surface area contributed by atoms with Crippen molar-refractivity contribution < 1.29 is 43.0 Å². The van der Waals surface area contributed by atoms with Gasteiger partial charge in [0.1, 0.15) is 24.7 Å². The van der Waals surface area contributed by atoms with E-state index in [1.54, 1.807) is 43.2 Å². The molecule has 5 aromatic carbocycles. The van der Waals surface area contributed by atoms with Crippen molar-refractivity contribution in [3.63, 3.8) is 0 Å². The van der Waals surface area contributed by atoms with Gasteiger partial charge in [0.05, 0.1) is 30.4 Å². The number of nitrogens with zero attached hydrogens (tertiary/aromatic N) is 3. The van der Waals surface area contributed by atoms with Crippen LogP contribution in [0.25, 0.3) is 0 Å². The van der Waals surface area contributed by atoms with Gasteiger partial charge in [0.25, 0.3) is 11.8 Å². The number of aliphatic imine (C=N–C) groups is 1. The average Bonchev–Trinajstić information content (AvgIpc) is 3.87. The molecule has 4 heterocycles. The minimum absolute atomic E-state index is 0.00113. The Bertz CT molecular complexity index is 3000. The highest BCUT2D eigenvalue weighted by atomic mass is 16.5. The van der Waals surface area contributed by atoms with Gasteiger partial charge in [-0.2, -0.15) is 0 Å². The maximum Gasteiger partial charge on any atom is 0.261 e. The number of carbonyl (C=O) groups excluding carboxylic acids is 6. The first-order chi connectivity index (χ1) is 34.8. The fraction of sp³-hybridized carbons (Fsp3) is 0.362. The number of methoxy groups -OCH3 is 1. The molecule has 372 valence electrons. The summed E-state index contributed by atoms with van der Waals surface area (Å²) in [5.41, 5.74) is 9.25. The summed E-state index contributed by atoms with van der Waals surface area (Å²) in [5, 5.41) is 5.74. The Morgan fingerprint density at radius 3 is 2.14 bits per heavy atom. The van der Waals surface area contributed by atoms with Gasteiger partial charge in [-0.1, -0.05) is 50.2 Å². The third-order valence-electron chi connectivity index (χ3n) is 14.2. The SMILES string of the molecule is CCC(=O)CCCCC(=O)N[C@@H](C)C(=O)C[C@@H](C)C(=O)Nc1cc(COc2cc3c(cc2C)C(=O)N2c4ccccc4C[C@H]2CC3)cc(COc2cc3c(cc2OC)C(=O)N2c4ccccc4C[C@H]2C=N3)c1. The Balaban J connectivity index is 0.921. The molecule has 4 aliphatic rings. The number of anilines is 3. The number of unbranched alkanes of at least 4 members (excludes halogenated alkanes) is 1. The smallest absolute Gasteiger partial charge is 0.261 e. The zero-order chi connectivity index (χ0) is 50.6. The number of benzene rings is 5. The molecule has 14 nitrogen and oxygen atoms in total. The van der Waals surface area contributed by atoms with E-state index in [2.05, 4.69) is 16.7 Å². The molecule has 0 radical (unpaired) electrons. The van der Waals surface area contributed by atoms with E-state index >= 15 is 0 Å². The van der Waals surface area contributed by atoms with Crippen molar-refractivity contribution >= 4 is 64.2 Å². The molecule has 4 atom stereocenters. The number of para-hydroxylation sites is 2. The van der Waals surface area contributed by atoms with Crippen molar-refractivity contribution in [1.82, 2.24) is 5.32 Å². The second-order valence-corrected chi connectivity index (χ2v) is 19.4. The Kier molecular flexibility index (Phi) is 14.7. The first-order valence-electron chi connectivity index (χ1n) is 25.0. The van der Waals surface area contributed by atoms with E-state index in [4.69, 9.17) is 19.2 Å². The number of hydrogen-bond donors (Lipinski definition) is 2. The number of ketones is 2. The number of fused-ring (bicyclic) bond motifs is 8. The predicted octanol–water partition coefficient (Wildman–Crippen LogP) is 9.54. The molecule has 0 saturated carbocycles. The summed E-state index contributed by atoms with van der Waals surface area (Å²) in [6, 6.07) is 27.9. The summed E-state index contributed by atoms with van der Waals surface area (Å²) in [4.78, 5) is 87.9. The van der Waals surface area contributed by atoms with Crippen LogP contribution in [0.1, 0.15) is 120 Å². The van der Waals surface area contributed by atoms with Crippen molar-refractivity contribution in [1.29, 1.82) is 0 Å². The quantitative estimate of drug-likeness (QED) is 0.0765. The first-order valence-corrected chi connectivity index (χ1v) is 25.0. The Morgan fingerprint density at radius 2 is 1.42 bits per heavy atom. The maximum atomic E-state index is 14.1. The van der Waals surface area contributed by atoms with Crippen molar-refractivity contribution in [2.75, 3.05) is 22.2 Å².